The van der Waals surface area contributed by atoms with E-state index >= 15 is 0 Å². The predicted octanol–water partition coefficient (Wildman–Crippen LogP) is 3.99. The van der Waals surface area contributed by atoms with E-state index in [2.05, 4.69) is 4.99 Å². The van der Waals surface area contributed by atoms with Gasteiger partial charge < -0.3 is 9.30 Å². The van der Waals surface area contributed by atoms with Crippen molar-refractivity contribution in [2.45, 2.75) is 13.5 Å². The number of ether oxygens (including phenoxy) is 1. The van der Waals surface area contributed by atoms with Crippen molar-refractivity contribution < 1.29 is 18.8 Å². The maximum absolute atomic E-state index is 13.5. The van der Waals surface area contributed by atoms with Crippen LogP contribution in [0.15, 0.2) is 41.4 Å². The third-order valence-corrected chi connectivity index (χ3v) is 5.74. The van der Waals surface area contributed by atoms with Crippen LogP contribution >= 0.6 is 22.7 Å². The zero-order chi connectivity index (χ0) is 20.1. The highest BCUT2D eigenvalue weighted by molar-refractivity contribution is 7.16. The van der Waals surface area contributed by atoms with Crippen LogP contribution in [-0.4, -0.2) is 28.6 Å². The number of hydrogen-bond acceptors (Lipinski definition) is 6. The van der Waals surface area contributed by atoms with E-state index in [1.54, 1.807) is 12.1 Å². The van der Waals surface area contributed by atoms with Gasteiger partial charge in [-0.25, -0.2) is 4.39 Å². The molecule has 146 valence electrons. The quantitative estimate of drug-likeness (QED) is 0.250. The van der Waals surface area contributed by atoms with E-state index in [0.29, 0.717) is 34.1 Å². The van der Waals surface area contributed by atoms with Gasteiger partial charge in [0.2, 0.25) is 0 Å². The molecule has 28 heavy (non-hydrogen) atoms. The first-order valence-electron chi connectivity index (χ1n) is 8.35. The molecule has 0 N–H and O–H groups in total. The number of nitro groups is 1. The number of rotatable bonds is 7. The molecule has 1 aromatic carbocycles. The van der Waals surface area contributed by atoms with Crippen molar-refractivity contribution in [3.8, 4) is 0 Å². The number of amides is 1. The fourth-order valence-corrected chi connectivity index (χ4v) is 4.27. The highest BCUT2D eigenvalue weighted by atomic mass is 32.1. The van der Waals surface area contributed by atoms with Crippen LogP contribution in [0.5, 0.6) is 0 Å². The summed E-state index contributed by atoms with van der Waals surface area (Å²) in [7, 11) is 0. The van der Waals surface area contributed by atoms with Crippen molar-refractivity contribution in [2.75, 3.05) is 13.2 Å². The molecule has 2 aromatic heterocycles. The first-order chi connectivity index (χ1) is 13.5. The minimum Gasteiger partial charge on any atom is -0.380 e. The fourth-order valence-electron chi connectivity index (χ4n) is 2.46. The second kappa shape index (κ2) is 9.00. The first-order valence-corrected chi connectivity index (χ1v) is 9.99. The molecule has 3 aromatic rings. The van der Waals surface area contributed by atoms with Crippen molar-refractivity contribution in [2.24, 2.45) is 4.99 Å². The Hall–Kier alpha value is -2.69. The topological polar surface area (TPSA) is 86.7 Å². The van der Waals surface area contributed by atoms with Crippen LogP contribution in [0.2, 0.25) is 0 Å². The SMILES string of the molecule is CCOCCn1c(=NC(=O)/C=C\c2ccc([N+](=O)[O-])s2)sc2cc(F)ccc21. The van der Waals surface area contributed by atoms with Crippen molar-refractivity contribution in [3.05, 3.63) is 62.0 Å². The molecule has 0 fully saturated rings. The fraction of sp³-hybridized carbons (Fsp3) is 0.222. The summed E-state index contributed by atoms with van der Waals surface area (Å²) in [5.41, 5.74) is 0.774. The first kappa shape index (κ1) is 20.1. The van der Waals surface area contributed by atoms with Gasteiger partial charge in [-0.15, -0.1) is 0 Å². The van der Waals surface area contributed by atoms with Gasteiger partial charge in [-0.2, -0.15) is 4.99 Å². The van der Waals surface area contributed by atoms with Crippen LogP contribution in [-0.2, 0) is 16.1 Å². The highest BCUT2D eigenvalue weighted by Gasteiger charge is 2.10. The Bertz CT molecular complexity index is 1110. The summed E-state index contributed by atoms with van der Waals surface area (Å²) in [4.78, 5) is 27.6. The molecule has 0 bridgehead atoms. The molecule has 7 nitrogen and oxygen atoms in total. The molecule has 0 aliphatic carbocycles. The van der Waals surface area contributed by atoms with E-state index in [4.69, 9.17) is 4.74 Å². The van der Waals surface area contributed by atoms with Gasteiger partial charge in [0.25, 0.3) is 5.91 Å². The van der Waals surface area contributed by atoms with Crippen molar-refractivity contribution >= 4 is 49.9 Å². The Labute approximate surface area is 167 Å². The Balaban J connectivity index is 1.90. The van der Waals surface area contributed by atoms with Crippen LogP contribution in [0.25, 0.3) is 16.3 Å². The van der Waals surface area contributed by atoms with Crippen molar-refractivity contribution in [3.63, 3.8) is 0 Å². The number of thiophene rings is 1. The molecule has 0 saturated carbocycles. The van der Waals surface area contributed by atoms with E-state index in [9.17, 15) is 19.3 Å². The Morgan fingerprint density at radius 2 is 2.18 bits per heavy atom. The molecular formula is C18H16FN3O4S2. The van der Waals surface area contributed by atoms with Gasteiger partial charge in [0, 0.05) is 30.2 Å². The number of fused-ring (bicyclic) bond motifs is 1. The maximum atomic E-state index is 13.5. The summed E-state index contributed by atoms with van der Waals surface area (Å²) >= 11 is 2.18. The number of hydrogen-bond donors (Lipinski definition) is 0. The molecule has 0 atom stereocenters. The zero-order valence-electron chi connectivity index (χ0n) is 14.8. The summed E-state index contributed by atoms with van der Waals surface area (Å²) in [6.07, 6.45) is 2.74. The molecule has 2 heterocycles. The normalized spacial score (nSPS) is 12.3. The second-order valence-corrected chi connectivity index (χ2v) is 7.66. The lowest BCUT2D eigenvalue weighted by Gasteiger charge is -2.05. The van der Waals surface area contributed by atoms with Gasteiger partial charge in [0.1, 0.15) is 5.82 Å². The molecule has 0 aliphatic rings. The lowest BCUT2D eigenvalue weighted by atomic mass is 10.3. The Morgan fingerprint density at radius 1 is 1.36 bits per heavy atom. The smallest absolute Gasteiger partial charge is 0.324 e. The van der Waals surface area contributed by atoms with E-state index < -0.39 is 10.8 Å². The van der Waals surface area contributed by atoms with Gasteiger partial charge in [0.05, 0.1) is 21.7 Å². The number of nitrogens with zero attached hydrogens (tertiary/aromatic N) is 3. The van der Waals surface area contributed by atoms with Crippen molar-refractivity contribution in [1.82, 2.24) is 4.57 Å². The molecule has 3 rings (SSSR count). The lowest BCUT2D eigenvalue weighted by molar-refractivity contribution is -0.380. The summed E-state index contributed by atoms with van der Waals surface area (Å²) in [6, 6.07) is 7.37. The molecule has 0 radical (unpaired) electrons. The highest BCUT2D eigenvalue weighted by Crippen LogP contribution is 2.24. The minimum atomic E-state index is -0.506. The predicted molar refractivity (Wildman–Crippen MR) is 107 cm³/mol. The molecule has 10 heteroatoms. The number of halogens is 1. The van der Waals surface area contributed by atoms with E-state index in [-0.39, 0.29) is 10.8 Å². The third kappa shape index (κ3) is 4.77. The summed E-state index contributed by atoms with van der Waals surface area (Å²) in [5.74, 6) is -0.865. The molecule has 1 amide bonds. The molecule has 0 unspecified atom stereocenters. The average Bonchev–Trinajstić information content (AvgIpc) is 3.25. The van der Waals surface area contributed by atoms with Gasteiger partial charge in [-0.1, -0.05) is 22.7 Å². The Kier molecular flexibility index (Phi) is 6.45. The van der Waals surface area contributed by atoms with Crippen molar-refractivity contribution in [1.29, 1.82) is 0 Å². The number of carbonyl (C=O) groups is 1. The van der Waals surface area contributed by atoms with E-state index in [0.717, 1.165) is 16.9 Å². The third-order valence-electron chi connectivity index (χ3n) is 3.70. The van der Waals surface area contributed by atoms with Gasteiger partial charge in [-0.05, 0) is 37.3 Å². The Morgan fingerprint density at radius 3 is 2.89 bits per heavy atom. The number of thiazole rings is 1. The largest absolute Gasteiger partial charge is 0.380 e. The summed E-state index contributed by atoms with van der Waals surface area (Å²) in [6.45, 7) is 3.38. The van der Waals surface area contributed by atoms with E-state index in [1.807, 2.05) is 11.5 Å². The molecule has 0 saturated heterocycles. The molecular weight excluding hydrogens is 405 g/mol. The van der Waals surface area contributed by atoms with Crippen LogP contribution in [0.3, 0.4) is 0 Å². The van der Waals surface area contributed by atoms with Gasteiger partial charge in [-0.3, -0.25) is 14.9 Å². The van der Waals surface area contributed by atoms with Gasteiger partial charge >= 0.3 is 5.00 Å². The molecule has 0 aliphatic heterocycles. The number of benzene rings is 1. The monoisotopic (exact) mass is 421 g/mol. The zero-order valence-corrected chi connectivity index (χ0v) is 16.5. The van der Waals surface area contributed by atoms with Crippen LogP contribution in [0, 0.1) is 15.9 Å². The van der Waals surface area contributed by atoms with Crippen LogP contribution in [0.4, 0.5) is 9.39 Å². The standard InChI is InChI=1S/C18H16FN3O4S2/c1-2-26-10-9-21-14-6-3-12(19)11-15(14)28-18(21)20-16(23)7-4-13-5-8-17(27-13)22(24)25/h3-8,11H,2,9-10H2,1H3/b7-4-,20-18?. The minimum absolute atomic E-state index is 0.00402. The average molecular weight is 421 g/mol. The second-order valence-electron chi connectivity index (χ2n) is 5.56. The van der Waals surface area contributed by atoms with Crippen LogP contribution in [0.1, 0.15) is 11.8 Å². The van der Waals surface area contributed by atoms with Crippen LogP contribution < -0.4 is 4.80 Å². The van der Waals surface area contributed by atoms with Gasteiger partial charge in [0.15, 0.2) is 4.80 Å². The number of carbonyl (C=O) groups excluding carboxylic acids is 1. The summed E-state index contributed by atoms with van der Waals surface area (Å²) in [5, 5.41) is 10.7. The molecule has 0 spiro atoms. The van der Waals surface area contributed by atoms with E-state index in [1.165, 1.54) is 41.7 Å². The number of aromatic nitrogens is 1. The maximum Gasteiger partial charge on any atom is 0.324 e. The lowest BCUT2D eigenvalue weighted by Crippen LogP contribution is -2.19. The summed E-state index contributed by atoms with van der Waals surface area (Å²) < 4.78 is 21.4.